The Morgan fingerprint density at radius 2 is 1.90 bits per heavy atom. The van der Waals surface area contributed by atoms with Crippen LogP contribution in [0.1, 0.15) is 22.3 Å². The number of benzene rings is 1. The Hall–Kier alpha value is -1.27. The topological polar surface area (TPSA) is 66.5 Å². The first-order valence-electron chi connectivity index (χ1n) is 6.92. The zero-order valence-electron chi connectivity index (χ0n) is 11.7. The molecule has 0 aromatic heterocycles. The van der Waals surface area contributed by atoms with Crippen molar-refractivity contribution >= 4 is 33.8 Å². The summed E-state index contributed by atoms with van der Waals surface area (Å²) in [6.45, 7) is 1.54. The second-order valence-electron chi connectivity index (χ2n) is 5.31. The molecule has 2 aliphatic heterocycles. The van der Waals surface area contributed by atoms with Crippen molar-refractivity contribution in [3.8, 4) is 0 Å². The molecule has 0 aliphatic carbocycles. The van der Waals surface area contributed by atoms with Gasteiger partial charge in [-0.3, -0.25) is 4.79 Å². The van der Waals surface area contributed by atoms with Crippen LogP contribution in [-0.2, 0) is 16.3 Å². The first-order chi connectivity index (χ1) is 9.57. The van der Waals surface area contributed by atoms with Crippen LogP contribution in [0.5, 0.6) is 0 Å². The van der Waals surface area contributed by atoms with E-state index >= 15 is 0 Å². The van der Waals surface area contributed by atoms with Gasteiger partial charge in [0.15, 0.2) is 9.84 Å². The number of halogens is 1. The highest BCUT2D eigenvalue weighted by Crippen LogP contribution is 2.26. The Kier molecular flexibility index (Phi) is 4.78. The molecule has 0 saturated carbocycles. The molecule has 0 radical (unpaired) electrons. The quantitative estimate of drug-likeness (QED) is 0.843. The van der Waals surface area contributed by atoms with Crippen LogP contribution in [0.2, 0.25) is 0 Å². The molecule has 7 heteroatoms. The summed E-state index contributed by atoms with van der Waals surface area (Å²) in [6.07, 6.45) is 1.92. The van der Waals surface area contributed by atoms with Gasteiger partial charge in [0.1, 0.15) is 0 Å². The SMILES string of the molecule is Cl.O=C(c1cccc2c1CCCN2)N1CCS(=O)(=O)CC1. The second-order valence-corrected chi connectivity index (χ2v) is 7.61. The molecule has 1 N–H and O–H groups in total. The maximum Gasteiger partial charge on any atom is 0.254 e. The van der Waals surface area contributed by atoms with Crippen molar-refractivity contribution < 1.29 is 13.2 Å². The minimum atomic E-state index is -2.95. The van der Waals surface area contributed by atoms with E-state index in [2.05, 4.69) is 5.32 Å². The van der Waals surface area contributed by atoms with Crippen LogP contribution in [0.25, 0.3) is 0 Å². The Labute approximate surface area is 131 Å². The fraction of sp³-hybridized carbons (Fsp3) is 0.500. The molecule has 2 heterocycles. The summed E-state index contributed by atoms with van der Waals surface area (Å²) in [5, 5.41) is 3.31. The molecule has 0 bridgehead atoms. The molecule has 0 unspecified atom stereocenters. The Morgan fingerprint density at radius 3 is 2.62 bits per heavy atom. The van der Waals surface area contributed by atoms with E-state index in [-0.39, 0.29) is 29.8 Å². The molecule has 2 aliphatic rings. The van der Waals surface area contributed by atoms with Crippen molar-refractivity contribution in [3.63, 3.8) is 0 Å². The van der Waals surface area contributed by atoms with Gasteiger partial charge in [-0.05, 0) is 30.5 Å². The van der Waals surface area contributed by atoms with Crippen molar-refractivity contribution in [1.29, 1.82) is 0 Å². The van der Waals surface area contributed by atoms with Crippen molar-refractivity contribution in [2.45, 2.75) is 12.8 Å². The minimum absolute atomic E-state index is 0. The number of anilines is 1. The third-order valence-corrected chi connectivity index (χ3v) is 5.57. The van der Waals surface area contributed by atoms with Gasteiger partial charge in [-0.25, -0.2) is 8.42 Å². The smallest absolute Gasteiger partial charge is 0.254 e. The van der Waals surface area contributed by atoms with Crippen molar-refractivity contribution in [2.24, 2.45) is 0 Å². The Morgan fingerprint density at radius 1 is 1.19 bits per heavy atom. The van der Waals surface area contributed by atoms with E-state index in [1.165, 1.54) is 0 Å². The number of hydrogen-bond donors (Lipinski definition) is 1. The highest BCUT2D eigenvalue weighted by Gasteiger charge is 2.27. The van der Waals surface area contributed by atoms with Crippen LogP contribution in [0, 0.1) is 0 Å². The van der Waals surface area contributed by atoms with Gasteiger partial charge in [0.2, 0.25) is 0 Å². The monoisotopic (exact) mass is 330 g/mol. The molecule has 1 aromatic rings. The number of nitrogens with one attached hydrogen (secondary N) is 1. The van der Waals surface area contributed by atoms with Crippen LogP contribution >= 0.6 is 12.4 Å². The maximum atomic E-state index is 12.6. The molecular weight excluding hydrogens is 312 g/mol. The average molecular weight is 331 g/mol. The Bertz CT molecular complexity index is 632. The third kappa shape index (κ3) is 3.32. The van der Waals surface area contributed by atoms with Crippen LogP contribution in [0.15, 0.2) is 18.2 Å². The summed E-state index contributed by atoms with van der Waals surface area (Å²) in [7, 11) is -2.95. The lowest BCUT2D eigenvalue weighted by atomic mass is 9.97. The molecule has 21 heavy (non-hydrogen) atoms. The van der Waals surface area contributed by atoms with E-state index in [9.17, 15) is 13.2 Å². The lowest BCUT2D eigenvalue weighted by Crippen LogP contribution is -2.44. The molecule has 116 valence electrons. The van der Waals surface area contributed by atoms with Gasteiger partial charge >= 0.3 is 0 Å². The van der Waals surface area contributed by atoms with E-state index in [1.54, 1.807) is 4.90 Å². The average Bonchev–Trinajstić information content (AvgIpc) is 2.46. The van der Waals surface area contributed by atoms with Gasteiger partial charge in [0, 0.05) is 30.9 Å². The number of amides is 1. The van der Waals surface area contributed by atoms with Crippen LogP contribution in [0.4, 0.5) is 5.69 Å². The van der Waals surface area contributed by atoms with Gasteiger partial charge in [0.25, 0.3) is 5.91 Å². The van der Waals surface area contributed by atoms with E-state index in [0.717, 1.165) is 30.6 Å². The van der Waals surface area contributed by atoms with E-state index in [1.807, 2.05) is 18.2 Å². The summed E-state index contributed by atoms with van der Waals surface area (Å²) in [4.78, 5) is 14.2. The summed E-state index contributed by atoms with van der Waals surface area (Å²) in [5.41, 5.74) is 2.82. The number of hydrogen-bond acceptors (Lipinski definition) is 4. The lowest BCUT2D eigenvalue weighted by molar-refractivity contribution is 0.0769. The largest absolute Gasteiger partial charge is 0.385 e. The Balaban J connectivity index is 0.00000161. The van der Waals surface area contributed by atoms with Gasteiger partial charge in [-0.15, -0.1) is 12.4 Å². The van der Waals surface area contributed by atoms with E-state index in [4.69, 9.17) is 0 Å². The van der Waals surface area contributed by atoms with Crippen LogP contribution in [-0.4, -0.2) is 50.4 Å². The van der Waals surface area contributed by atoms with Gasteiger partial charge in [-0.1, -0.05) is 6.07 Å². The number of sulfone groups is 1. The minimum Gasteiger partial charge on any atom is -0.385 e. The lowest BCUT2D eigenvalue weighted by Gasteiger charge is -2.29. The zero-order chi connectivity index (χ0) is 14.2. The van der Waals surface area contributed by atoms with Crippen LogP contribution < -0.4 is 5.32 Å². The fourth-order valence-electron chi connectivity index (χ4n) is 2.80. The molecular formula is C14H19ClN2O3S. The zero-order valence-corrected chi connectivity index (χ0v) is 13.3. The fourth-order valence-corrected chi connectivity index (χ4v) is 4.00. The number of carbonyl (C=O) groups is 1. The highest BCUT2D eigenvalue weighted by molar-refractivity contribution is 7.91. The predicted octanol–water partition coefficient (Wildman–Crippen LogP) is 1.34. The molecule has 1 aromatic carbocycles. The molecule has 5 nitrogen and oxygen atoms in total. The first-order valence-corrected chi connectivity index (χ1v) is 8.74. The van der Waals surface area contributed by atoms with Crippen LogP contribution in [0.3, 0.4) is 0 Å². The molecule has 1 fully saturated rings. The molecule has 1 amide bonds. The summed E-state index contributed by atoms with van der Waals surface area (Å²) in [6, 6.07) is 5.72. The van der Waals surface area contributed by atoms with Crippen molar-refractivity contribution in [3.05, 3.63) is 29.3 Å². The normalized spacial score (nSPS) is 19.9. The summed E-state index contributed by atoms with van der Waals surface area (Å²) in [5.74, 6) is 0.110. The predicted molar refractivity (Wildman–Crippen MR) is 85.1 cm³/mol. The maximum absolute atomic E-state index is 12.6. The third-order valence-electron chi connectivity index (χ3n) is 3.96. The molecule has 0 atom stereocenters. The highest BCUT2D eigenvalue weighted by atomic mass is 35.5. The molecule has 0 spiro atoms. The number of carbonyl (C=O) groups excluding carboxylic acids is 1. The van der Waals surface area contributed by atoms with Crippen molar-refractivity contribution in [1.82, 2.24) is 4.90 Å². The van der Waals surface area contributed by atoms with Gasteiger partial charge < -0.3 is 10.2 Å². The molecule has 3 rings (SSSR count). The standard InChI is InChI=1S/C14H18N2O3S.ClH/c17-14(16-7-9-20(18,19)10-8-16)12-3-1-5-13-11(12)4-2-6-15-13;/h1,3,5,15H,2,4,6-10H2;1H. The first kappa shape index (κ1) is 16.1. The van der Waals surface area contributed by atoms with Crippen molar-refractivity contribution in [2.75, 3.05) is 36.5 Å². The van der Waals surface area contributed by atoms with Gasteiger partial charge in [0.05, 0.1) is 11.5 Å². The summed E-state index contributed by atoms with van der Waals surface area (Å²) < 4.78 is 22.9. The van der Waals surface area contributed by atoms with E-state index in [0.29, 0.717) is 18.7 Å². The number of fused-ring (bicyclic) bond motifs is 1. The van der Waals surface area contributed by atoms with E-state index < -0.39 is 9.84 Å². The number of nitrogens with zero attached hydrogens (tertiary/aromatic N) is 1. The summed E-state index contributed by atoms with van der Waals surface area (Å²) >= 11 is 0. The second kappa shape index (κ2) is 6.23. The molecule has 1 saturated heterocycles. The number of rotatable bonds is 1. The van der Waals surface area contributed by atoms with Gasteiger partial charge in [-0.2, -0.15) is 0 Å².